The standard InChI is InChI=1S/C26H30NO3P/c1-26(2,24(28)20-19-21-13-7-4-8-14-21)31(27-25(29)30-3,22-15-9-5-10-16-22)23-17-11-6-12-18-23/h4-18,24,28H,19-20H2,1-3H3/t24-/m1/s1. The Morgan fingerprint density at radius 3 is 1.81 bits per heavy atom. The number of hydrogen-bond acceptors (Lipinski definition) is 3. The highest BCUT2D eigenvalue weighted by molar-refractivity contribution is 7.82. The molecule has 3 aromatic carbocycles. The maximum absolute atomic E-state index is 12.6. The summed E-state index contributed by atoms with van der Waals surface area (Å²) in [7, 11) is -1.41. The third kappa shape index (κ3) is 4.81. The van der Waals surface area contributed by atoms with Gasteiger partial charge in [0.1, 0.15) is 0 Å². The molecule has 0 aromatic heterocycles. The Balaban J connectivity index is 2.16. The second-order valence-corrected chi connectivity index (χ2v) is 11.7. The fourth-order valence-corrected chi connectivity index (χ4v) is 8.24. The van der Waals surface area contributed by atoms with Crippen molar-refractivity contribution in [3.63, 3.8) is 0 Å². The number of aryl methyl sites for hydroxylation is 1. The van der Waals surface area contributed by atoms with Gasteiger partial charge in [-0.1, -0.05) is 105 Å². The molecule has 0 saturated heterocycles. The van der Waals surface area contributed by atoms with Crippen LogP contribution in [0.5, 0.6) is 0 Å². The summed E-state index contributed by atoms with van der Waals surface area (Å²) in [5.74, 6) is 0. The van der Waals surface area contributed by atoms with E-state index in [4.69, 9.17) is 9.48 Å². The molecule has 3 rings (SSSR count). The van der Waals surface area contributed by atoms with E-state index in [-0.39, 0.29) is 0 Å². The highest BCUT2D eigenvalue weighted by Crippen LogP contribution is 2.61. The Bertz CT molecular complexity index is 991. The van der Waals surface area contributed by atoms with E-state index in [0.717, 1.165) is 17.0 Å². The van der Waals surface area contributed by atoms with E-state index in [1.165, 1.54) is 12.7 Å². The molecule has 5 heteroatoms. The van der Waals surface area contributed by atoms with Crippen LogP contribution in [0, 0.1) is 0 Å². The van der Waals surface area contributed by atoms with Crippen LogP contribution in [-0.2, 0) is 11.2 Å². The summed E-state index contributed by atoms with van der Waals surface area (Å²) in [6.45, 7) is 4.03. The first-order valence-corrected chi connectivity index (χ1v) is 12.2. The van der Waals surface area contributed by atoms with Gasteiger partial charge in [-0.3, -0.25) is 0 Å². The van der Waals surface area contributed by atoms with Gasteiger partial charge in [0.2, 0.25) is 0 Å². The van der Waals surface area contributed by atoms with E-state index in [1.54, 1.807) is 0 Å². The van der Waals surface area contributed by atoms with Gasteiger partial charge in [0, 0.05) is 12.2 Å². The Hall–Kier alpha value is -2.68. The summed E-state index contributed by atoms with van der Waals surface area (Å²) in [4.78, 5) is 12.6. The summed E-state index contributed by atoms with van der Waals surface area (Å²) in [5.41, 5.74) is 1.17. The topological polar surface area (TPSA) is 58.9 Å². The van der Waals surface area contributed by atoms with Gasteiger partial charge in [-0.25, -0.2) is 4.79 Å². The van der Waals surface area contributed by atoms with E-state index in [1.807, 2.05) is 92.7 Å². The zero-order valence-electron chi connectivity index (χ0n) is 18.3. The number of carbonyl (C=O) groups is 1. The average Bonchev–Trinajstić information content (AvgIpc) is 2.82. The second kappa shape index (κ2) is 10.1. The summed E-state index contributed by atoms with van der Waals surface area (Å²) in [6, 6.07) is 29.8. The van der Waals surface area contributed by atoms with Gasteiger partial charge in [-0.05, 0) is 29.0 Å². The van der Waals surface area contributed by atoms with Crippen molar-refractivity contribution in [2.24, 2.45) is 4.74 Å². The number of aliphatic hydroxyl groups excluding tert-OH is 1. The third-order valence-electron chi connectivity index (χ3n) is 5.86. The average molecular weight is 436 g/mol. The number of aliphatic hydroxyl groups is 1. The molecule has 0 unspecified atom stereocenters. The Morgan fingerprint density at radius 1 is 0.903 bits per heavy atom. The zero-order chi connectivity index (χ0) is 22.3. The fraction of sp³-hybridized carbons (Fsp3) is 0.269. The Labute approximate surface area is 185 Å². The molecule has 0 heterocycles. The maximum atomic E-state index is 12.6. The molecule has 3 aromatic rings. The predicted octanol–water partition coefficient (Wildman–Crippen LogP) is 5.38. The highest BCUT2D eigenvalue weighted by Gasteiger charge is 2.46. The number of carbonyl (C=O) groups excluding carboxylic acids is 1. The van der Waals surface area contributed by atoms with Gasteiger partial charge in [0.25, 0.3) is 0 Å². The van der Waals surface area contributed by atoms with Crippen molar-refractivity contribution in [2.75, 3.05) is 7.11 Å². The van der Waals surface area contributed by atoms with Crippen LogP contribution in [0.3, 0.4) is 0 Å². The van der Waals surface area contributed by atoms with Crippen molar-refractivity contribution in [1.29, 1.82) is 0 Å². The van der Waals surface area contributed by atoms with Gasteiger partial charge in [-0.2, -0.15) is 4.74 Å². The first kappa shape index (κ1) is 23.0. The monoisotopic (exact) mass is 435 g/mol. The van der Waals surface area contributed by atoms with Crippen molar-refractivity contribution >= 4 is 23.8 Å². The van der Waals surface area contributed by atoms with Crippen LogP contribution in [0.25, 0.3) is 0 Å². The number of methoxy groups -OCH3 is 1. The van der Waals surface area contributed by atoms with E-state index < -0.39 is 24.4 Å². The molecule has 0 saturated carbocycles. The first-order chi connectivity index (χ1) is 14.9. The van der Waals surface area contributed by atoms with Gasteiger partial charge in [-0.15, -0.1) is 0 Å². The normalized spacial score (nSPS) is 12.8. The molecular weight excluding hydrogens is 405 g/mol. The van der Waals surface area contributed by atoms with Crippen molar-refractivity contribution in [1.82, 2.24) is 0 Å². The third-order valence-corrected chi connectivity index (χ3v) is 10.4. The van der Waals surface area contributed by atoms with Crippen LogP contribution in [0.15, 0.2) is 95.7 Å². The molecule has 0 radical (unpaired) electrons. The quantitative estimate of drug-likeness (QED) is 0.507. The number of amides is 1. The predicted molar refractivity (Wildman–Crippen MR) is 129 cm³/mol. The van der Waals surface area contributed by atoms with Crippen LogP contribution < -0.4 is 10.6 Å². The maximum Gasteiger partial charge on any atom is 0.432 e. The number of ether oxygens (including phenoxy) is 1. The van der Waals surface area contributed by atoms with Gasteiger partial charge < -0.3 is 9.84 Å². The zero-order valence-corrected chi connectivity index (χ0v) is 19.2. The van der Waals surface area contributed by atoms with Crippen LogP contribution in [-0.4, -0.2) is 29.6 Å². The summed E-state index contributed by atoms with van der Waals surface area (Å²) < 4.78 is 9.70. The summed E-state index contributed by atoms with van der Waals surface area (Å²) in [6.07, 6.45) is 0.00163. The lowest BCUT2D eigenvalue weighted by Crippen LogP contribution is -2.43. The minimum Gasteiger partial charge on any atom is -0.451 e. The van der Waals surface area contributed by atoms with E-state index in [9.17, 15) is 9.90 Å². The molecule has 31 heavy (non-hydrogen) atoms. The molecule has 1 atom stereocenters. The number of benzene rings is 3. The Morgan fingerprint density at radius 2 is 1.35 bits per heavy atom. The van der Waals surface area contributed by atoms with Crippen molar-refractivity contribution in [3.05, 3.63) is 96.6 Å². The van der Waals surface area contributed by atoms with Crippen LogP contribution in [0.1, 0.15) is 25.8 Å². The number of rotatable bonds is 7. The van der Waals surface area contributed by atoms with Gasteiger partial charge >= 0.3 is 6.09 Å². The van der Waals surface area contributed by atoms with Crippen molar-refractivity contribution in [3.8, 4) is 0 Å². The van der Waals surface area contributed by atoms with Crippen LogP contribution >= 0.6 is 7.05 Å². The van der Waals surface area contributed by atoms with Crippen LogP contribution in [0.2, 0.25) is 0 Å². The Kier molecular flexibility index (Phi) is 7.48. The molecule has 4 nitrogen and oxygen atoms in total. The summed E-state index contributed by atoms with van der Waals surface area (Å²) >= 11 is 0. The molecule has 0 aliphatic carbocycles. The van der Waals surface area contributed by atoms with Crippen molar-refractivity contribution < 1.29 is 14.6 Å². The van der Waals surface area contributed by atoms with E-state index >= 15 is 0 Å². The minimum atomic E-state index is -2.75. The first-order valence-electron chi connectivity index (χ1n) is 10.5. The minimum absolute atomic E-state index is 0.565. The van der Waals surface area contributed by atoms with Crippen molar-refractivity contribution in [2.45, 2.75) is 37.9 Å². The van der Waals surface area contributed by atoms with E-state index in [2.05, 4.69) is 12.1 Å². The van der Waals surface area contributed by atoms with E-state index in [0.29, 0.717) is 6.42 Å². The molecule has 162 valence electrons. The number of hydrogen-bond donors (Lipinski definition) is 1. The molecule has 0 aliphatic heterocycles. The number of nitrogens with zero attached hydrogens (tertiary/aromatic N) is 1. The molecule has 0 fully saturated rings. The molecular formula is C26H30NO3P. The van der Waals surface area contributed by atoms with Gasteiger partial charge in [0.15, 0.2) is 0 Å². The summed E-state index contributed by atoms with van der Waals surface area (Å²) in [5, 5.41) is 12.7. The molecule has 1 N–H and O–H groups in total. The van der Waals surface area contributed by atoms with Gasteiger partial charge in [0.05, 0.1) is 13.2 Å². The lowest BCUT2D eigenvalue weighted by Gasteiger charge is -2.43. The lowest BCUT2D eigenvalue weighted by atomic mass is 9.98. The largest absolute Gasteiger partial charge is 0.451 e. The fourth-order valence-electron chi connectivity index (χ4n) is 4.03. The smallest absolute Gasteiger partial charge is 0.432 e. The highest BCUT2D eigenvalue weighted by atomic mass is 31.2. The molecule has 0 bridgehead atoms. The second-order valence-electron chi connectivity index (χ2n) is 8.07. The molecule has 0 spiro atoms. The molecule has 1 amide bonds. The SMILES string of the molecule is COC(=O)N=P(c1ccccc1)(c1ccccc1)C(C)(C)[C@H](O)CCc1ccccc1. The lowest BCUT2D eigenvalue weighted by molar-refractivity contribution is 0.130. The van der Waals surface area contributed by atoms with Crippen LogP contribution in [0.4, 0.5) is 4.79 Å². The molecule has 0 aliphatic rings.